The Balaban J connectivity index is 1.37. The van der Waals surface area contributed by atoms with Gasteiger partial charge in [-0.15, -0.1) is 0 Å². The second-order valence-corrected chi connectivity index (χ2v) is 9.12. The average molecular weight is 438 g/mol. The second-order valence-electron chi connectivity index (χ2n) is 9.12. The zero-order chi connectivity index (χ0) is 22.7. The summed E-state index contributed by atoms with van der Waals surface area (Å²) in [7, 11) is 0. The van der Waals surface area contributed by atoms with Gasteiger partial charge < -0.3 is 15.8 Å². The maximum absolute atomic E-state index is 12.9. The number of nitrogens with zero attached hydrogens (tertiary/aromatic N) is 3. The summed E-state index contributed by atoms with van der Waals surface area (Å²) < 4.78 is 7.60. The number of carbonyl (C=O) groups excluding carboxylic acids is 1. The number of amides is 1. The summed E-state index contributed by atoms with van der Waals surface area (Å²) in [6, 6.07) is 8.49. The maximum Gasteiger partial charge on any atom is 0.260 e. The molecule has 2 aromatic rings. The Morgan fingerprint density at radius 1 is 1.28 bits per heavy atom. The quantitative estimate of drug-likeness (QED) is 0.652. The largest absolute Gasteiger partial charge is 0.494 e. The number of hydrogen-bond donors (Lipinski definition) is 2. The van der Waals surface area contributed by atoms with Gasteiger partial charge in [0.1, 0.15) is 17.1 Å². The molecule has 172 valence electrons. The molecule has 4 rings (SSSR count). The number of aromatic nitrogens is 2. The first-order valence-corrected chi connectivity index (χ1v) is 11.7. The van der Waals surface area contributed by atoms with Gasteiger partial charge in [0.15, 0.2) is 0 Å². The molecule has 2 fully saturated rings. The molecule has 1 saturated carbocycles. The number of nitrogens with two attached hydrogens (primary N) is 1. The number of anilines is 1. The SMILES string of the molecule is C=C(NC(=O)c1cnn(C2CCCC2)c1N)[C@@H]1CN(Cc2ccccc2OCC)C[C@H]1C. The molecule has 2 atom stereocenters. The number of para-hydroxylation sites is 1. The monoisotopic (exact) mass is 437 g/mol. The van der Waals surface area contributed by atoms with Crippen LogP contribution in [0.5, 0.6) is 5.75 Å². The summed E-state index contributed by atoms with van der Waals surface area (Å²) in [6.07, 6.45) is 6.11. The van der Waals surface area contributed by atoms with Crippen molar-refractivity contribution in [1.82, 2.24) is 20.0 Å². The van der Waals surface area contributed by atoms with Gasteiger partial charge in [0, 0.05) is 36.8 Å². The van der Waals surface area contributed by atoms with E-state index in [2.05, 4.69) is 34.9 Å². The molecule has 2 heterocycles. The van der Waals surface area contributed by atoms with Gasteiger partial charge in [-0.05, 0) is 31.7 Å². The number of rotatable bonds is 8. The lowest BCUT2D eigenvalue weighted by Gasteiger charge is -2.20. The molecule has 0 spiro atoms. The molecule has 32 heavy (non-hydrogen) atoms. The number of likely N-dealkylation sites (tertiary alicyclic amines) is 1. The summed E-state index contributed by atoms with van der Waals surface area (Å²) in [4.78, 5) is 15.3. The fraction of sp³-hybridized carbons (Fsp3) is 0.520. The molecule has 1 aliphatic carbocycles. The van der Waals surface area contributed by atoms with Crippen LogP contribution in [-0.2, 0) is 6.54 Å². The Morgan fingerprint density at radius 3 is 2.78 bits per heavy atom. The first kappa shape index (κ1) is 22.4. The van der Waals surface area contributed by atoms with Gasteiger partial charge in [0.25, 0.3) is 5.91 Å². The third-order valence-corrected chi connectivity index (χ3v) is 6.83. The van der Waals surface area contributed by atoms with Crippen LogP contribution in [0.2, 0.25) is 0 Å². The molecule has 1 amide bonds. The lowest BCUT2D eigenvalue weighted by atomic mass is 9.95. The van der Waals surface area contributed by atoms with Crippen LogP contribution in [0.25, 0.3) is 0 Å². The van der Waals surface area contributed by atoms with Crippen LogP contribution < -0.4 is 15.8 Å². The molecule has 1 saturated heterocycles. The summed E-state index contributed by atoms with van der Waals surface area (Å²) in [5, 5.41) is 7.41. The minimum atomic E-state index is -0.218. The van der Waals surface area contributed by atoms with Gasteiger partial charge in [-0.1, -0.05) is 44.5 Å². The van der Waals surface area contributed by atoms with Crippen LogP contribution in [0, 0.1) is 11.8 Å². The van der Waals surface area contributed by atoms with E-state index in [-0.39, 0.29) is 11.8 Å². The van der Waals surface area contributed by atoms with E-state index in [4.69, 9.17) is 10.5 Å². The summed E-state index contributed by atoms with van der Waals surface area (Å²) in [6.45, 7) is 11.7. The van der Waals surface area contributed by atoms with Gasteiger partial charge in [-0.25, -0.2) is 4.68 Å². The Kier molecular flexibility index (Phi) is 6.84. The number of nitrogen functional groups attached to an aromatic ring is 1. The molecule has 1 aliphatic heterocycles. The van der Waals surface area contributed by atoms with Crippen molar-refractivity contribution in [3.8, 4) is 5.75 Å². The van der Waals surface area contributed by atoms with E-state index in [0.717, 1.165) is 43.9 Å². The minimum absolute atomic E-state index is 0.185. The van der Waals surface area contributed by atoms with Gasteiger partial charge >= 0.3 is 0 Å². The summed E-state index contributed by atoms with van der Waals surface area (Å²) >= 11 is 0. The van der Waals surface area contributed by atoms with E-state index in [9.17, 15) is 4.79 Å². The number of benzene rings is 1. The molecule has 1 aromatic carbocycles. The van der Waals surface area contributed by atoms with Crippen molar-refractivity contribution in [3.63, 3.8) is 0 Å². The first-order valence-electron chi connectivity index (χ1n) is 11.7. The number of ether oxygens (including phenoxy) is 1. The molecular formula is C25H35N5O2. The van der Waals surface area contributed by atoms with Crippen molar-refractivity contribution in [1.29, 1.82) is 0 Å². The van der Waals surface area contributed by atoms with Crippen molar-refractivity contribution in [2.24, 2.45) is 11.8 Å². The molecule has 0 bridgehead atoms. The standard InChI is InChI=1S/C25H35N5O2/c1-4-32-23-12-8-5-9-19(23)15-29-14-17(2)22(16-29)18(3)28-25(31)21-13-27-30(24(21)26)20-10-6-7-11-20/h5,8-9,12-13,17,20,22H,3-4,6-7,10-11,14-16,26H2,1-2H3,(H,28,31)/t17-,22-/m1/s1. The Bertz CT molecular complexity index is 963. The van der Waals surface area contributed by atoms with Crippen molar-refractivity contribution in [3.05, 3.63) is 53.9 Å². The van der Waals surface area contributed by atoms with Crippen LogP contribution in [0.15, 0.2) is 42.7 Å². The first-order chi connectivity index (χ1) is 15.5. The van der Waals surface area contributed by atoms with Crippen molar-refractivity contribution in [2.75, 3.05) is 25.4 Å². The third kappa shape index (κ3) is 4.67. The topological polar surface area (TPSA) is 85.4 Å². The minimum Gasteiger partial charge on any atom is -0.494 e. The zero-order valence-corrected chi connectivity index (χ0v) is 19.2. The van der Waals surface area contributed by atoms with Crippen molar-refractivity contribution >= 4 is 11.7 Å². The Labute approximate surface area is 190 Å². The molecule has 7 heteroatoms. The van der Waals surface area contributed by atoms with Crippen molar-refractivity contribution in [2.45, 2.75) is 52.1 Å². The predicted molar refractivity (Wildman–Crippen MR) is 126 cm³/mol. The number of hydrogen-bond acceptors (Lipinski definition) is 5. The highest BCUT2D eigenvalue weighted by atomic mass is 16.5. The molecular weight excluding hydrogens is 402 g/mol. The second kappa shape index (κ2) is 9.77. The zero-order valence-electron chi connectivity index (χ0n) is 19.2. The lowest BCUT2D eigenvalue weighted by Crippen LogP contribution is -2.30. The lowest BCUT2D eigenvalue weighted by molar-refractivity contribution is 0.0961. The van der Waals surface area contributed by atoms with Gasteiger partial charge in [0.05, 0.1) is 18.8 Å². The fourth-order valence-electron chi connectivity index (χ4n) is 5.11. The summed E-state index contributed by atoms with van der Waals surface area (Å²) in [5.41, 5.74) is 8.64. The average Bonchev–Trinajstić information content (AvgIpc) is 3.50. The number of nitrogens with one attached hydrogen (secondary N) is 1. The molecule has 1 aromatic heterocycles. The third-order valence-electron chi connectivity index (χ3n) is 6.83. The van der Waals surface area contributed by atoms with Gasteiger partial charge in [0.2, 0.25) is 0 Å². The fourth-order valence-corrected chi connectivity index (χ4v) is 5.11. The molecule has 7 nitrogen and oxygen atoms in total. The van der Waals surface area contributed by atoms with Crippen molar-refractivity contribution < 1.29 is 9.53 Å². The van der Waals surface area contributed by atoms with Crippen LogP contribution in [-0.4, -0.2) is 40.3 Å². The van der Waals surface area contributed by atoms with E-state index >= 15 is 0 Å². The van der Waals surface area contributed by atoms with Crippen LogP contribution in [0.4, 0.5) is 5.82 Å². The Morgan fingerprint density at radius 2 is 2.03 bits per heavy atom. The van der Waals surface area contributed by atoms with Gasteiger partial charge in [-0.3, -0.25) is 9.69 Å². The number of carbonyl (C=O) groups is 1. The Hall–Kier alpha value is -2.80. The molecule has 2 aliphatic rings. The molecule has 0 radical (unpaired) electrons. The van der Waals surface area contributed by atoms with E-state index in [1.165, 1.54) is 18.4 Å². The highest BCUT2D eigenvalue weighted by Gasteiger charge is 2.33. The predicted octanol–water partition coefficient (Wildman–Crippen LogP) is 3.99. The van der Waals surface area contributed by atoms with Crippen LogP contribution in [0.3, 0.4) is 0 Å². The molecule has 0 unspecified atom stereocenters. The highest BCUT2D eigenvalue weighted by molar-refractivity contribution is 5.99. The van der Waals surface area contributed by atoms with E-state index in [0.29, 0.717) is 29.9 Å². The van der Waals surface area contributed by atoms with Gasteiger partial charge in [-0.2, -0.15) is 5.10 Å². The normalized spacial score (nSPS) is 21.7. The van der Waals surface area contributed by atoms with E-state index in [1.54, 1.807) is 6.20 Å². The van der Waals surface area contributed by atoms with Crippen LogP contribution in [0.1, 0.15) is 61.5 Å². The van der Waals surface area contributed by atoms with E-state index in [1.807, 2.05) is 29.8 Å². The smallest absolute Gasteiger partial charge is 0.260 e. The van der Waals surface area contributed by atoms with E-state index < -0.39 is 0 Å². The van der Waals surface area contributed by atoms with Crippen LogP contribution >= 0.6 is 0 Å². The maximum atomic E-state index is 12.9. The highest BCUT2D eigenvalue weighted by Crippen LogP contribution is 2.33. The molecule has 3 N–H and O–H groups in total. The summed E-state index contributed by atoms with van der Waals surface area (Å²) in [5.74, 6) is 1.75.